The third kappa shape index (κ3) is 4.79. The van der Waals surface area contributed by atoms with Crippen molar-refractivity contribution >= 4 is 17.6 Å². The Morgan fingerprint density at radius 1 is 1.47 bits per heavy atom. The van der Waals surface area contributed by atoms with E-state index in [1.807, 2.05) is 0 Å². The minimum absolute atomic E-state index is 0.238. The molecule has 4 heteroatoms. The summed E-state index contributed by atoms with van der Waals surface area (Å²) in [6.45, 7) is 2.09. The highest BCUT2D eigenvalue weighted by atomic mass is 35.5. The average molecular weight is 228 g/mol. The molecule has 1 heterocycles. The predicted molar refractivity (Wildman–Crippen MR) is 59.0 cm³/mol. The molecular formula is C11H14ClNO2. The van der Waals surface area contributed by atoms with Crippen molar-refractivity contribution < 1.29 is 9.53 Å². The van der Waals surface area contributed by atoms with E-state index in [0.29, 0.717) is 17.3 Å². The molecule has 3 nitrogen and oxygen atoms in total. The molecule has 0 spiro atoms. The van der Waals surface area contributed by atoms with Gasteiger partial charge in [0.05, 0.1) is 5.02 Å². The quantitative estimate of drug-likeness (QED) is 0.573. The molecule has 0 fully saturated rings. The Kier molecular flexibility index (Phi) is 5.12. The van der Waals surface area contributed by atoms with Gasteiger partial charge in [0.1, 0.15) is 0 Å². The molecule has 0 saturated carbocycles. The second kappa shape index (κ2) is 6.40. The largest absolute Gasteiger partial charge is 0.407 e. The third-order valence-electron chi connectivity index (χ3n) is 1.90. The van der Waals surface area contributed by atoms with Crippen LogP contribution in [0.15, 0.2) is 18.3 Å². The zero-order valence-electron chi connectivity index (χ0n) is 8.70. The van der Waals surface area contributed by atoms with Crippen molar-refractivity contribution in [3.05, 3.63) is 23.4 Å². The van der Waals surface area contributed by atoms with Crippen molar-refractivity contribution in [2.75, 3.05) is 0 Å². The second-order valence-electron chi connectivity index (χ2n) is 3.25. The summed E-state index contributed by atoms with van der Waals surface area (Å²) in [6.07, 6.45) is 4.90. The van der Waals surface area contributed by atoms with Crippen molar-refractivity contribution in [3.8, 4) is 5.88 Å². The Hall–Kier alpha value is -1.09. The van der Waals surface area contributed by atoms with Crippen LogP contribution in [0.1, 0.15) is 32.6 Å². The van der Waals surface area contributed by atoms with Gasteiger partial charge in [-0.25, -0.2) is 4.98 Å². The van der Waals surface area contributed by atoms with E-state index in [2.05, 4.69) is 11.9 Å². The van der Waals surface area contributed by atoms with Crippen LogP contribution < -0.4 is 4.74 Å². The highest BCUT2D eigenvalue weighted by Gasteiger charge is 2.04. The van der Waals surface area contributed by atoms with Crippen molar-refractivity contribution in [1.82, 2.24) is 4.98 Å². The van der Waals surface area contributed by atoms with Crippen LogP contribution in [0.2, 0.25) is 5.02 Å². The number of unbranched alkanes of at least 4 members (excludes halogenated alkanes) is 2. The molecule has 1 aromatic heterocycles. The summed E-state index contributed by atoms with van der Waals surface area (Å²) in [6, 6.07) is 3.23. The Balaban J connectivity index is 2.34. The highest BCUT2D eigenvalue weighted by Crippen LogP contribution is 2.12. The smallest absolute Gasteiger partial charge is 0.312 e. The van der Waals surface area contributed by atoms with E-state index >= 15 is 0 Å². The summed E-state index contributed by atoms with van der Waals surface area (Å²) in [5.74, 6) is 0.0687. The number of hydrogen-bond acceptors (Lipinski definition) is 3. The number of esters is 1. The van der Waals surface area contributed by atoms with Gasteiger partial charge in [-0.1, -0.05) is 31.4 Å². The molecule has 82 valence electrons. The first-order chi connectivity index (χ1) is 7.22. The SMILES string of the molecule is CCCCCC(=O)Oc1ccc(Cl)cn1. The fourth-order valence-corrected chi connectivity index (χ4v) is 1.22. The van der Waals surface area contributed by atoms with E-state index in [-0.39, 0.29) is 5.97 Å². The highest BCUT2D eigenvalue weighted by molar-refractivity contribution is 6.30. The lowest BCUT2D eigenvalue weighted by Gasteiger charge is -2.02. The fourth-order valence-electron chi connectivity index (χ4n) is 1.11. The first-order valence-electron chi connectivity index (χ1n) is 5.04. The van der Waals surface area contributed by atoms with Gasteiger partial charge in [-0.2, -0.15) is 0 Å². The van der Waals surface area contributed by atoms with Gasteiger partial charge in [0.15, 0.2) is 0 Å². The van der Waals surface area contributed by atoms with E-state index in [9.17, 15) is 4.79 Å². The summed E-state index contributed by atoms with van der Waals surface area (Å²) in [7, 11) is 0. The van der Waals surface area contributed by atoms with E-state index in [4.69, 9.17) is 16.3 Å². The van der Waals surface area contributed by atoms with Gasteiger partial charge in [-0.15, -0.1) is 0 Å². The predicted octanol–water partition coefficient (Wildman–Crippen LogP) is 3.22. The number of aromatic nitrogens is 1. The van der Waals surface area contributed by atoms with Crippen molar-refractivity contribution in [1.29, 1.82) is 0 Å². The zero-order chi connectivity index (χ0) is 11.1. The minimum Gasteiger partial charge on any atom is -0.407 e. The van der Waals surface area contributed by atoms with Crippen molar-refractivity contribution in [2.24, 2.45) is 0 Å². The number of hydrogen-bond donors (Lipinski definition) is 0. The lowest BCUT2D eigenvalue weighted by molar-refractivity contribution is -0.134. The van der Waals surface area contributed by atoms with E-state index in [1.165, 1.54) is 6.20 Å². The third-order valence-corrected chi connectivity index (χ3v) is 2.13. The molecule has 0 unspecified atom stereocenters. The molecule has 0 aliphatic heterocycles. The maximum Gasteiger partial charge on any atom is 0.312 e. The standard InChI is InChI=1S/C11H14ClNO2/c1-2-3-4-5-11(14)15-10-7-6-9(12)8-13-10/h6-8H,2-5H2,1H3. The van der Waals surface area contributed by atoms with Crippen molar-refractivity contribution in [3.63, 3.8) is 0 Å². The molecule has 0 aliphatic carbocycles. The Bertz CT molecular complexity index is 311. The number of ether oxygens (including phenoxy) is 1. The first-order valence-corrected chi connectivity index (χ1v) is 5.42. The Morgan fingerprint density at radius 3 is 2.87 bits per heavy atom. The molecule has 0 aromatic carbocycles. The summed E-state index contributed by atoms with van der Waals surface area (Å²) in [4.78, 5) is 15.1. The molecule has 1 rings (SSSR count). The minimum atomic E-state index is -0.238. The van der Waals surface area contributed by atoms with Gasteiger partial charge >= 0.3 is 5.97 Å². The van der Waals surface area contributed by atoms with Crippen LogP contribution in [0.4, 0.5) is 0 Å². The molecule has 0 aliphatic rings. The topological polar surface area (TPSA) is 39.2 Å². The summed E-state index contributed by atoms with van der Waals surface area (Å²) in [5.41, 5.74) is 0. The van der Waals surface area contributed by atoms with Crippen LogP contribution in [-0.2, 0) is 4.79 Å². The first kappa shape index (κ1) is 12.0. The van der Waals surface area contributed by atoms with Gasteiger partial charge in [0, 0.05) is 18.7 Å². The number of halogens is 1. The van der Waals surface area contributed by atoms with Gasteiger partial charge in [0.2, 0.25) is 5.88 Å². The van der Waals surface area contributed by atoms with Crippen LogP contribution >= 0.6 is 11.6 Å². The number of nitrogens with zero attached hydrogens (tertiary/aromatic N) is 1. The van der Waals surface area contributed by atoms with Crippen LogP contribution in [-0.4, -0.2) is 11.0 Å². The average Bonchev–Trinajstić information content (AvgIpc) is 2.22. The van der Waals surface area contributed by atoms with Crippen molar-refractivity contribution in [2.45, 2.75) is 32.6 Å². The molecule has 0 N–H and O–H groups in total. The van der Waals surface area contributed by atoms with Gasteiger partial charge in [-0.05, 0) is 12.5 Å². The lowest BCUT2D eigenvalue weighted by atomic mass is 10.2. The van der Waals surface area contributed by atoms with E-state index < -0.39 is 0 Å². The number of carbonyl (C=O) groups excluding carboxylic acids is 1. The van der Waals surface area contributed by atoms with E-state index in [1.54, 1.807) is 12.1 Å². The normalized spacial score (nSPS) is 10.0. The maximum atomic E-state index is 11.3. The molecule has 0 saturated heterocycles. The van der Waals surface area contributed by atoms with Crippen LogP contribution in [0, 0.1) is 0 Å². The van der Waals surface area contributed by atoms with Crippen LogP contribution in [0.25, 0.3) is 0 Å². The molecule has 0 radical (unpaired) electrons. The molecule has 0 atom stereocenters. The molecule has 15 heavy (non-hydrogen) atoms. The Labute approximate surface area is 94.4 Å². The van der Waals surface area contributed by atoms with Gasteiger partial charge in [-0.3, -0.25) is 4.79 Å². The zero-order valence-corrected chi connectivity index (χ0v) is 9.46. The lowest BCUT2D eigenvalue weighted by Crippen LogP contribution is -2.08. The monoisotopic (exact) mass is 227 g/mol. The van der Waals surface area contributed by atoms with E-state index in [0.717, 1.165) is 19.3 Å². The second-order valence-corrected chi connectivity index (χ2v) is 3.68. The van der Waals surface area contributed by atoms with Crippen LogP contribution in [0.3, 0.4) is 0 Å². The number of rotatable bonds is 5. The van der Waals surface area contributed by atoms with Gasteiger partial charge < -0.3 is 4.74 Å². The maximum absolute atomic E-state index is 11.3. The number of carbonyl (C=O) groups is 1. The molecular weight excluding hydrogens is 214 g/mol. The summed E-state index contributed by atoms with van der Waals surface area (Å²) < 4.78 is 5.01. The summed E-state index contributed by atoms with van der Waals surface area (Å²) in [5, 5.41) is 0.529. The molecule has 1 aromatic rings. The van der Waals surface area contributed by atoms with Crippen LogP contribution in [0.5, 0.6) is 5.88 Å². The molecule has 0 bridgehead atoms. The van der Waals surface area contributed by atoms with Gasteiger partial charge in [0.25, 0.3) is 0 Å². The summed E-state index contributed by atoms with van der Waals surface area (Å²) >= 11 is 5.65. The molecule has 0 amide bonds. The number of pyridine rings is 1. The Morgan fingerprint density at radius 2 is 2.27 bits per heavy atom. The fraction of sp³-hybridized carbons (Fsp3) is 0.455.